The second-order valence-corrected chi connectivity index (χ2v) is 7.11. The second kappa shape index (κ2) is 6.76. The van der Waals surface area contributed by atoms with Crippen molar-refractivity contribution in [3.63, 3.8) is 0 Å². The van der Waals surface area contributed by atoms with Gasteiger partial charge >= 0.3 is 5.97 Å². The van der Waals surface area contributed by atoms with Crippen LogP contribution >= 0.6 is 11.8 Å². The molecule has 0 unspecified atom stereocenters. The zero-order chi connectivity index (χ0) is 17.2. The number of carbonyl (C=O) groups is 1. The average molecular weight is 355 g/mol. The molecule has 128 valence electrons. The summed E-state index contributed by atoms with van der Waals surface area (Å²) in [7, 11) is 0. The van der Waals surface area contributed by atoms with Crippen molar-refractivity contribution in [2.75, 3.05) is 0 Å². The molecule has 3 heterocycles. The van der Waals surface area contributed by atoms with Crippen LogP contribution in [-0.2, 0) is 16.1 Å². The van der Waals surface area contributed by atoms with Crippen LogP contribution in [-0.4, -0.2) is 32.1 Å². The third kappa shape index (κ3) is 3.32. The first kappa shape index (κ1) is 16.0. The molecule has 0 radical (unpaired) electrons. The van der Waals surface area contributed by atoms with Crippen LogP contribution in [0, 0.1) is 0 Å². The Kier molecular flexibility index (Phi) is 4.31. The third-order valence-electron chi connectivity index (χ3n) is 4.02. The van der Waals surface area contributed by atoms with Crippen LogP contribution in [0.3, 0.4) is 0 Å². The Morgan fingerprint density at radius 1 is 1.20 bits per heavy atom. The summed E-state index contributed by atoms with van der Waals surface area (Å²) in [6.07, 6.45) is 2.23. The maximum absolute atomic E-state index is 12.0. The fraction of sp³-hybridized carbons (Fsp3) is 0.278. The summed E-state index contributed by atoms with van der Waals surface area (Å²) in [5.41, 5.74) is 1.12. The van der Waals surface area contributed by atoms with Crippen LogP contribution in [0.2, 0.25) is 0 Å². The van der Waals surface area contributed by atoms with Crippen molar-refractivity contribution in [1.82, 2.24) is 14.8 Å². The lowest BCUT2D eigenvalue weighted by Crippen LogP contribution is -2.12. The van der Waals surface area contributed by atoms with Gasteiger partial charge in [-0.1, -0.05) is 42.1 Å². The molecular weight excluding hydrogens is 338 g/mol. The van der Waals surface area contributed by atoms with Crippen molar-refractivity contribution < 1.29 is 13.9 Å². The second-order valence-electron chi connectivity index (χ2n) is 5.94. The van der Waals surface area contributed by atoms with Crippen LogP contribution in [0.4, 0.5) is 0 Å². The van der Waals surface area contributed by atoms with E-state index in [4.69, 9.17) is 9.15 Å². The smallest absolute Gasteiger partial charge is 0.319 e. The first-order valence-corrected chi connectivity index (χ1v) is 8.97. The number of ether oxygens (including phenoxy) is 1. The maximum Gasteiger partial charge on any atom is 0.319 e. The molecule has 1 fully saturated rings. The summed E-state index contributed by atoms with van der Waals surface area (Å²) < 4.78 is 12.7. The molecule has 1 aliphatic heterocycles. The Morgan fingerprint density at radius 2 is 2.04 bits per heavy atom. The van der Waals surface area contributed by atoms with Crippen molar-refractivity contribution >= 4 is 17.7 Å². The third-order valence-corrected chi connectivity index (χ3v) is 5.20. The Morgan fingerprint density at radius 3 is 2.72 bits per heavy atom. The molecule has 0 spiro atoms. The van der Waals surface area contributed by atoms with Gasteiger partial charge in [-0.25, -0.2) is 0 Å². The fourth-order valence-electron chi connectivity index (χ4n) is 2.82. The van der Waals surface area contributed by atoms with Gasteiger partial charge in [0, 0.05) is 6.42 Å². The molecule has 0 saturated carbocycles. The van der Waals surface area contributed by atoms with Crippen molar-refractivity contribution in [2.24, 2.45) is 0 Å². The largest absolute Gasteiger partial charge is 0.462 e. The highest BCUT2D eigenvalue weighted by Gasteiger charge is 2.34. The normalized spacial score (nSPS) is 20.0. The van der Waals surface area contributed by atoms with E-state index in [0.717, 1.165) is 5.56 Å². The molecule has 2 atom stereocenters. The lowest BCUT2D eigenvalue weighted by molar-refractivity contribution is -0.140. The van der Waals surface area contributed by atoms with Crippen LogP contribution < -0.4 is 0 Å². The van der Waals surface area contributed by atoms with Gasteiger partial charge in [0.1, 0.15) is 11.4 Å². The SMILES string of the molecule is C[C@@H]1C[C@@H](Sc2nnc(-c3ccco3)n2Cc2ccccc2)C(=O)O1. The van der Waals surface area contributed by atoms with Crippen LogP contribution in [0.5, 0.6) is 0 Å². The van der Waals surface area contributed by atoms with Crippen molar-refractivity contribution in [1.29, 1.82) is 0 Å². The molecule has 3 aromatic rings. The van der Waals surface area contributed by atoms with Crippen molar-refractivity contribution in [2.45, 2.75) is 36.4 Å². The van der Waals surface area contributed by atoms with Crippen LogP contribution in [0.1, 0.15) is 18.9 Å². The summed E-state index contributed by atoms with van der Waals surface area (Å²) >= 11 is 1.40. The number of benzene rings is 1. The van der Waals surface area contributed by atoms with E-state index < -0.39 is 0 Å². The number of carbonyl (C=O) groups excluding carboxylic acids is 1. The molecule has 2 aromatic heterocycles. The van der Waals surface area contributed by atoms with E-state index in [0.29, 0.717) is 29.7 Å². The van der Waals surface area contributed by atoms with Gasteiger partial charge < -0.3 is 9.15 Å². The predicted octanol–water partition coefficient (Wildman–Crippen LogP) is 3.38. The number of esters is 1. The summed E-state index contributed by atoms with van der Waals surface area (Å²) in [5.74, 6) is 1.11. The predicted molar refractivity (Wildman–Crippen MR) is 93.1 cm³/mol. The standard InChI is InChI=1S/C18H17N3O3S/c1-12-10-15(17(22)24-12)25-18-20-19-16(14-8-5-9-23-14)21(18)11-13-6-3-2-4-7-13/h2-9,12,15H,10-11H2,1H3/t12-,15-/m1/s1. The molecule has 0 N–H and O–H groups in total. The summed E-state index contributed by atoms with van der Waals surface area (Å²) in [6.45, 7) is 2.50. The van der Waals surface area contributed by atoms with E-state index in [9.17, 15) is 4.79 Å². The quantitative estimate of drug-likeness (QED) is 0.654. The van der Waals surface area contributed by atoms with E-state index in [1.165, 1.54) is 11.8 Å². The topological polar surface area (TPSA) is 70.2 Å². The Labute approximate surface area is 149 Å². The number of hydrogen-bond donors (Lipinski definition) is 0. The first-order valence-electron chi connectivity index (χ1n) is 8.09. The molecule has 0 amide bonds. The van der Waals surface area contributed by atoms with E-state index >= 15 is 0 Å². The van der Waals surface area contributed by atoms with Gasteiger partial charge in [0.25, 0.3) is 0 Å². The number of cyclic esters (lactones) is 1. The zero-order valence-corrected chi connectivity index (χ0v) is 14.5. The summed E-state index contributed by atoms with van der Waals surface area (Å²) in [4.78, 5) is 12.0. The zero-order valence-electron chi connectivity index (χ0n) is 13.7. The van der Waals surface area contributed by atoms with Gasteiger partial charge in [-0.15, -0.1) is 10.2 Å². The van der Waals surface area contributed by atoms with Gasteiger partial charge in [0.15, 0.2) is 10.9 Å². The maximum atomic E-state index is 12.0. The number of rotatable bonds is 5. The van der Waals surface area contributed by atoms with Gasteiger partial charge in [-0.05, 0) is 24.6 Å². The lowest BCUT2D eigenvalue weighted by Gasteiger charge is -2.10. The minimum Gasteiger partial charge on any atom is -0.462 e. The average Bonchev–Trinajstić information content (AvgIpc) is 3.31. The molecule has 25 heavy (non-hydrogen) atoms. The molecule has 6 nitrogen and oxygen atoms in total. The molecular formula is C18H17N3O3S. The van der Waals surface area contributed by atoms with E-state index in [-0.39, 0.29) is 17.3 Å². The fourth-order valence-corrected chi connectivity index (χ4v) is 3.96. The van der Waals surface area contributed by atoms with Gasteiger partial charge in [-0.2, -0.15) is 0 Å². The number of aromatic nitrogens is 3. The van der Waals surface area contributed by atoms with E-state index in [1.807, 2.05) is 54.0 Å². The van der Waals surface area contributed by atoms with Gasteiger partial charge in [0.05, 0.1) is 12.8 Å². The van der Waals surface area contributed by atoms with Crippen LogP contribution in [0.25, 0.3) is 11.6 Å². The van der Waals surface area contributed by atoms with Crippen LogP contribution in [0.15, 0.2) is 58.3 Å². The van der Waals surface area contributed by atoms with Gasteiger partial charge in [0.2, 0.25) is 5.82 Å². The summed E-state index contributed by atoms with van der Waals surface area (Å²) in [5, 5.41) is 9.02. The highest BCUT2D eigenvalue weighted by molar-refractivity contribution is 8.00. The molecule has 0 aliphatic carbocycles. The lowest BCUT2D eigenvalue weighted by atomic mass is 10.2. The van der Waals surface area contributed by atoms with Gasteiger partial charge in [-0.3, -0.25) is 9.36 Å². The Hall–Kier alpha value is -2.54. The molecule has 1 aromatic carbocycles. The number of nitrogens with zero attached hydrogens (tertiary/aromatic N) is 3. The highest BCUT2D eigenvalue weighted by Crippen LogP contribution is 2.33. The monoisotopic (exact) mass is 355 g/mol. The van der Waals surface area contributed by atoms with E-state index in [2.05, 4.69) is 10.2 Å². The minimum atomic E-state index is -0.252. The number of furan rings is 1. The number of hydrogen-bond acceptors (Lipinski definition) is 6. The molecule has 4 rings (SSSR count). The Bertz CT molecular complexity index is 861. The van der Waals surface area contributed by atoms with Crippen molar-refractivity contribution in [3.05, 3.63) is 54.3 Å². The summed E-state index contributed by atoms with van der Waals surface area (Å²) in [6, 6.07) is 13.7. The molecule has 0 bridgehead atoms. The number of thioether (sulfide) groups is 1. The van der Waals surface area contributed by atoms with E-state index in [1.54, 1.807) is 6.26 Å². The molecule has 1 saturated heterocycles. The van der Waals surface area contributed by atoms with Crippen molar-refractivity contribution in [3.8, 4) is 11.6 Å². The Balaban J connectivity index is 1.67. The molecule has 7 heteroatoms. The highest BCUT2D eigenvalue weighted by atomic mass is 32.2. The first-order chi connectivity index (χ1) is 12.2. The minimum absolute atomic E-state index is 0.0555. The molecule has 1 aliphatic rings.